The number of rotatable bonds is 3. The first-order valence-electron chi connectivity index (χ1n) is 7.62. The van der Waals surface area contributed by atoms with Gasteiger partial charge in [0.15, 0.2) is 0 Å². The van der Waals surface area contributed by atoms with Crippen molar-refractivity contribution < 1.29 is 0 Å². The summed E-state index contributed by atoms with van der Waals surface area (Å²) in [6.45, 7) is 2.17. The van der Waals surface area contributed by atoms with Crippen LogP contribution in [0.1, 0.15) is 50.3 Å². The van der Waals surface area contributed by atoms with Gasteiger partial charge in [-0.2, -0.15) is 0 Å². The molecule has 0 aromatic carbocycles. The van der Waals surface area contributed by atoms with Crippen LogP contribution in [0.3, 0.4) is 0 Å². The Morgan fingerprint density at radius 2 is 2.05 bits per heavy atom. The van der Waals surface area contributed by atoms with Crippen LogP contribution in [0.4, 0.5) is 5.82 Å². The average molecular weight is 260 g/mol. The minimum Gasteiger partial charge on any atom is -0.355 e. The smallest absolute Gasteiger partial charge is 0.133 e. The van der Waals surface area contributed by atoms with E-state index in [1.54, 1.807) is 0 Å². The minimum absolute atomic E-state index is 0.594. The van der Waals surface area contributed by atoms with Gasteiger partial charge in [0.05, 0.1) is 0 Å². The van der Waals surface area contributed by atoms with E-state index < -0.39 is 0 Å². The molecular formula is C15H24N4. The van der Waals surface area contributed by atoms with Crippen LogP contribution in [-0.4, -0.2) is 36.1 Å². The molecule has 0 unspecified atom stereocenters. The second-order valence-corrected chi connectivity index (χ2v) is 5.83. The summed E-state index contributed by atoms with van der Waals surface area (Å²) in [5.74, 6) is 2.79. The molecular weight excluding hydrogens is 236 g/mol. The molecule has 3 rings (SSSR count). The maximum atomic E-state index is 4.83. The maximum absolute atomic E-state index is 4.83. The van der Waals surface area contributed by atoms with Crippen molar-refractivity contribution in [2.24, 2.45) is 0 Å². The first-order valence-corrected chi connectivity index (χ1v) is 7.62. The fraction of sp³-hybridized carbons (Fsp3) is 0.733. The fourth-order valence-corrected chi connectivity index (χ4v) is 3.30. The molecule has 104 valence electrons. The van der Waals surface area contributed by atoms with Gasteiger partial charge in [-0.3, -0.25) is 0 Å². The van der Waals surface area contributed by atoms with Gasteiger partial charge in [0.2, 0.25) is 0 Å². The highest BCUT2D eigenvalue weighted by molar-refractivity contribution is 5.39. The monoisotopic (exact) mass is 260 g/mol. The molecule has 1 saturated carbocycles. The van der Waals surface area contributed by atoms with E-state index in [4.69, 9.17) is 4.98 Å². The Morgan fingerprint density at radius 3 is 2.79 bits per heavy atom. The van der Waals surface area contributed by atoms with Gasteiger partial charge in [-0.1, -0.05) is 19.3 Å². The predicted molar refractivity (Wildman–Crippen MR) is 77.5 cm³/mol. The van der Waals surface area contributed by atoms with Gasteiger partial charge >= 0.3 is 0 Å². The minimum atomic E-state index is 0.594. The lowest BCUT2D eigenvalue weighted by Crippen LogP contribution is -2.30. The third-order valence-corrected chi connectivity index (χ3v) is 4.55. The van der Waals surface area contributed by atoms with Crippen molar-refractivity contribution in [1.29, 1.82) is 0 Å². The topological polar surface area (TPSA) is 41.0 Å². The Bertz CT molecular complexity index is 414. The molecule has 2 heterocycles. The summed E-state index contributed by atoms with van der Waals surface area (Å²) in [6.07, 6.45) is 9.74. The van der Waals surface area contributed by atoms with Crippen LogP contribution in [0.25, 0.3) is 0 Å². The predicted octanol–water partition coefficient (Wildman–Crippen LogP) is 2.32. The SMILES string of the molecule is CN[C@@H]1CCN(c2ccnc(C3CCCCC3)n2)C1. The van der Waals surface area contributed by atoms with Crippen molar-refractivity contribution in [2.45, 2.75) is 50.5 Å². The van der Waals surface area contributed by atoms with E-state index in [2.05, 4.69) is 21.3 Å². The summed E-state index contributed by atoms with van der Waals surface area (Å²) in [6, 6.07) is 2.66. The Labute approximate surface area is 115 Å². The molecule has 1 atom stereocenters. The summed E-state index contributed by atoms with van der Waals surface area (Å²) in [5, 5.41) is 3.36. The van der Waals surface area contributed by atoms with Crippen LogP contribution in [0.5, 0.6) is 0 Å². The lowest BCUT2D eigenvalue weighted by atomic mass is 9.89. The molecule has 0 bridgehead atoms. The molecule has 4 heteroatoms. The van der Waals surface area contributed by atoms with Crippen molar-refractivity contribution in [2.75, 3.05) is 25.0 Å². The quantitative estimate of drug-likeness (QED) is 0.905. The number of likely N-dealkylation sites (N-methyl/N-ethyl adjacent to an activating group) is 1. The highest BCUT2D eigenvalue weighted by atomic mass is 15.2. The first-order chi connectivity index (χ1) is 9.36. The number of hydrogen-bond acceptors (Lipinski definition) is 4. The summed E-state index contributed by atoms with van der Waals surface area (Å²) >= 11 is 0. The van der Waals surface area contributed by atoms with E-state index in [0.29, 0.717) is 12.0 Å². The van der Waals surface area contributed by atoms with E-state index in [0.717, 1.165) is 24.7 Å². The van der Waals surface area contributed by atoms with Gasteiger partial charge in [-0.15, -0.1) is 0 Å². The van der Waals surface area contributed by atoms with Crippen molar-refractivity contribution >= 4 is 5.82 Å². The van der Waals surface area contributed by atoms with Crippen molar-refractivity contribution in [1.82, 2.24) is 15.3 Å². The van der Waals surface area contributed by atoms with Gasteiger partial charge in [-0.25, -0.2) is 9.97 Å². The zero-order chi connectivity index (χ0) is 13.1. The second-order valence-electron chi connectivity index (χ2n) is 5.83. The number of anilines is 1. The van der Waals surface area contributed by atoms with Crippen molar-refractivity contribution in [3.05, 3.63) is 18.1 Å². The number of nitrogens with zero attached hydrogens (tertiary/aromatic N) is 3. The molecule has 4 nitrogen and oxygen atoms in total. The van der Waals surface area contributed by atoms with E-state index in [1.807, 2.05) is 13.2 Å². The van der Waals surface area contributed by atoms with Gasteiger partial charge in [0.25, 0.3) is 0 Å². The molecule has 1 aliphatic carbocycles. The van der Waals surface area contributed by atoms with Crippen LogP contribution in [0.15, 0.2) is 12.3 Å². The molecule has 1 aromatic heterocycles. The molecule has 1 aliphatic heterocycles. The summed E-state index contributed by atoms with van der Waals surface area (Å²) < 4.78 is 0. The normalized spacial score (nSPS) is 24.9. The van der Waals surface area contributed by atoms with E-state index in [9.17, 15) is 0 Å². The third kappa shape index (κ3) is 2.89. The van der Waals surface area contributed by atoms with Crippen LogP contribution in [0, 0.1) is 0 Å². The second kappa shape index (κ2) is 5.87. The molecule has 1 aromatic rings. The maximum Gasteiger partial charge on any atom is 0.133 e. The van der Waals surface area contributed by atoms with Crippen molar-refractivity contribution in [3.8, 4) is 0 Å². The third-order valence-electron chi connectivity index (χ3n) is 4.55. The Balaban J connectivity index is 1.72. The zero-order valence-corrected chi connectivity index (χ0v) is 11.8. The molecule has 0 amide bonds. The van der Waals surface area contributed by atoms with Crippen LogP contribution >= 0.6 is 0 Å². The first kappa shape index (κ1) is 12.9. The van der Waals surface area contributed by atoms with Gasteiger partial charge in [0.1, 0.15) is 11.6 Å². The van der Waals surface area contributed by atoms with Crippen LogP contribution in [-0.2, 0) is 0 Å². The van der Waals surface area contributed by atoms with E-state index in [-0.39, 0.29) is 0 Å². The number of aromatic nitrogens is 2. The Hall–Kier alpha value is -1.16. The standard InChI is InChI=1S/C15H24N4/c1-16-13-8-10-19(11-13)14-7-9-17-15(18-14)12-5-3-2-4-6-12/h7,9,12-13,16H,2-6,8,10-11H2,1H3/t13-/m1/s1. The van der Waals surface area contributed by atoms with E-state index in [1.165, 1.54) is 38.5 Å². The summed E-state index contributed by atoms with van der Waals surface area (Å²) in [4.78, 5) is 11.7. The van der Waals surface area contributed by atoms with E-state index >= 15 is 0 Å². The van der Waals surface area contributed by atoms with Crippen LogP contribution < -0.4 is 10.2 Å². The highest BCUT2D eigenvalue weighted by Crippen LogP contribution is 2.31. The number of nitrogens with one attached hydrogen (secondary N) is 1. The average Bonchev–Trinajstić information content (AvgIpc) is 2.97. The van der Waals surface area contributed by atoms with Crippen LogP contribution in [0.2, 0.25) is 0 Å². The highest BCUT2D eigenvalue weighted by Gasteiger charge is 2.24. The molecule has 0 spiro atoms. The fourth-order valence-electron chi connectivity index (χ4n) is 3.30. The Morgan fingerprint density at radius 1 is 1.21 bits per heavy atom. The molecule has 1 N–H and O–H groups in total. The lowest BCUT2D eigenvalue weighted by molar-refractivity contribution is 0.428. The largest absolute Gasteiger partial charge is 0.355 e. The van der Waals surface area contributed by atoms with Crippen molar-refractivity contribution in [3.63, 3.8) is 0 Å². The molecule has 19 heavy (non-hydrogen) atoms. The molecule has 2 fully saturated rings. The van der Waals surface area contributed by atoms with Gasteiger partial charge < -0.3 is 10.2 Å². The van der Waals surface area contributed by atoms with Gasteiger partial charge in [-0.05, 0) is 32.4 Å². The zero-order valence-electron chi connectivity index (χ0n) is 11.8. The molecule has 2 aliphatic rings. The lowest BCUT2D eigenvalue weighted by Gasteiger charge is -2.22. The molecule has 1 saturated heterocycles. The summed E-state index contributed by atoms with van der Waals surface area (Å²) in [7, 11) is 2.04. The summed E-state index contributed by atoms with van der Waals surface area (Å²) in [5.41, 5.74) is 0. The van der Waals surface area contributed by atoms with Gasteiger partial charge in [0, 0.05) is 31.2 Å². The Kier molecular flexibility index (Phi) is 3.97. The molecule has 0 radical (unpaired) electrons. The number of hydrogen-bond donors (Lipinski definition) is 1.